The molecule has 0 aliphatic rings. The molecule has 2 heterocycles. The fourth-order valence-corrected chi connectivity index (χ4v) is 3.34. The summed E-state index contributed by atoms with van der Waals surface area (Å²) >= 11 is 1.42. The Balaban J connectivity index is 1.37. The van der Waals surface area contributed by atoms with E-state index >= 15 is 0 Å². The fourth-order valence-electron chi connectivity index (χ4n) is 2.53. The monoisotopic (exact) mass is 395 g/mol. The molecule has 0 saturated heterocycles. The molecule has 7 nitrogen and oxygen atoms in total. The van der Waals surface area contributed by atoms with Crippen LogP contribution in [0, 0.1) is 0 Å². The third-order valence-corrected chi connectivity index (χ3v) is 4.91. The number of nitrogens with one attached hydrogen (secondary N) is 2. The van der Waals surface area contributed by atoms with E-state index in [0.717, 1.165) is 10.6 Å². The van der Waals surface area contributed by atoms with Gasteiger partial charge in [0.1, 0.15) is 10.7 Å². The van der Waals surface area contributed by atoms with Crippen LogP contribution in [0.4, 0.5) is 11.4 Å². The molecule has 2 aromatic heterocycles. The smallest absolute Gasteiger partial charge is 0.270 e. The molecule has 144 valence electrons. The number of carbonyl (C=O) groups is 2. The summed E-state index contributed by atoms with van der Waals surface area (Å²) in [4.78, 5) is 32.5. The predicted octanol–water partition coefficient (Wildman–Crippen LogP) is 3.33. The lowest BCUT2D eigenvalue weighted by Gasteiger charge is -2.08. The predicted molar refractivity (Wildman–Crippen MR) is 111 cm³/mol. The number of hydrogen-bond acceptors (Lipinski definition) is 6. The Morgan fingerprint density at radius 2 is 1.86 bits per heavy atom. The van der Waals surface area contributed by atoms with Crippen molar-refractivity contribution in [3.8, 4) is 10.6 Å². The van der Waals surface area contributed by atoms with E-state index in [1.54, 1.807) is 29.9 Å². The summed E-state index contributed by atoms with van der Waals surface area (Å²) in [7, 11) is 0. The molecule has 0 aliphatic carbocycles. The van der Waals surface area contributed by atoms with Crippen LogP contribution in [0.1, 0.15) is 29.8 Å². The number of benzene rings is 1. The molecule has 0 unspecified atom stereocenters. The Morgan fingerprint density at radius 3 is 2.64 bits per heavy atom. The van der Waals surface area contributed by atoms with Crippen molar-refractivity contribution < 1.29 is 9.59 Å². The highest BCUT2D eigenvalue weighted by Gasteiger charge is 2.11. The minimum Gasteiger partial charge on any atom is -0.397 e. The molecule has 4 N–H and O–H groups in total. The molecule has 2 amide bonds. The Morgan fingerprint density at radius 1 is 1.07 bits per heavy atom. The van der Waals surface area contributed by atoms with Crippen LogP contribution < -0.4 is 16.4 Å². The van der Waals surface area contributed by atoms with Gasteiger partial charge in [-0.2, -0.15) is 0 Å². The van der Waals surface area contributed by atoms with Crippen LogP contribution in [0.15, 0.2) is 54.2 Å². The molecular formula is C20H21N5O2S. The average molecular weight is 395 g/mol. The van der Waals surface area contributed by atoms with Gasteiger partial charge in [-0.1, -0.05) is 12.1 Å². The molecule has 0 spiro atoms. The number of aromatic nitrogens is 2. The summed E-state index contributed by atoms with van der Waals surface area (Å²) in [6, 6.07) is 10.9. The number of carbonyl (C=O) groups excluding carboxylic acids is 2. The van der Waals surface area contributed by atoms with Gasteiger partial charge < -0.3 is 16.4 Å². The number of nitrogen functional groups attached to an aromatic ring is 1. The van der Waals surface area contributed by atoms with Gasteiger partial charge in [0, 0.05) is 36.3 Å². The topological polar surface area (TPSA) is 110 Å². The van der Waals surface area contributed by atoms with Gasteiger partial charge in [0.15, 0.2) is 0 Å². The zero-order valence-corrected chi connectivity index (χ0v) is 16.0. The van der Waals surface area contributed by atoms with Gasteiger partial charge in [-0.25, -0.2) is 4.98 Å². The number of nitrogens with two attached hydrogens (primary N) is 1. The molecule has 0 radical (unpaired) electrons. The first-order chi connectivity index (χ1) is 13.6. The fraction of sp³-hybridized carbons (Fsp3) is 0.200. The van der Waals surface area contributed by atoms with Crippen LogP contribution in [-0.2, 0) is 4.79 Å². The molecule has 0 saturated carbocycles. The highest BCUT2D eigenvalue weighted by atomic mass is 32.1. The number of thiazole rings is 1. The molecule has 0 bridgehead atoms. The lowest BCUT2D eigenvalue weighted by atomic mass is 10.2. The highest BCUT2D eigenvalue weighted by molar-refractivity contribution is 7.13. The second kappa shape index (κ2) is 9.61. The third-order valence-electron chi connectivity index (χ3n) is 4.02. The zero-order chi connectivity index (χ0) is 19.8. The summed E-state index contributed by atoms with van der Waals surface area (Å²) in [6.07, 6.45) is 5.12. The van der Waals surface area contributed by atoms with Crippen molar-refractivity contribution in [2.75, 3.05) is 17.6 Å². The van der Waals surface area contributed by atoms with Crippen molar-refractivity contribution in [1.29, 1.82) is 0 Å². The molecule has 0 atom stereocenters. The number of unbranched alkanes of at least 4 members (excludes halogenated alkanes) is 1. The van der Waals surface area contributed by atoms with E-state index in [1.807, 2.05) is 24.3 Å². The number of nitrogens with zero attached hydrogens (tertiary/aromatic N) is 2. The normalized spacial score (nSPS) is 10.4. The highest BCUT2D eigenvalue weighted by Crippen LogP contribution is 2.22. The van der Waals surface area contributed by atoms with Gasteiger partial charge in [-0.3, -0.25) is 14.6 Å². The number of pyridine rings is 1. The minimum absolute atomic E-state index is 0.0919. The third kappa shape index (κ3) is 5.37. The van der Waals surface area contributed by atoms with Crippen molar-refractivity contribution in [3.63, 3.8) is 0 Å². The van der Waals surface area contributed by atoms with Crippen molar-refractivity contribution in [2.24, 2.45) is 0 Å². The minimum atomic E-state index is -0.210. The van der Waals surface area contributed by atoms with Gasteiger partial charge in [-0.15, -0.1) is 11.3 Å². The number of amides is 2. The first-order valence-electron chi connectivity index (χ1n) is 8.92. The van der Waals surface area contributed by atoms with Crippen LogP contribution in [0.25, 0.3) is 10.6 Å². The van der Waals surface area contributed by atoms with Gasteiger partial charge >= 0.3 is 0 Å². The number of hydrogen-bond donors (Lipinski definition) is 3. The average Bonchev–Trinajstić information content (AvgIpc) is 3.20. The first-order valence-corrected chi connectivity index (χ1v) is 9.80. The van der Waals surface area contributed by atoms with Crippen LogP contribution in [-0.4, -0.2) is 28.3 Å². The molecule has 3 rings (SSSR count). The SMILES string of the molecule is Nc1ccccc1NC(=O)CCCCNC(=O)c1csc(-c2ccncc2)n1. The van der Waals surface area contributed by atoms with E-state index in [-0.39, 0.29) is 11.8 Å². The summed E-state index contributed by atoms with van der Waals surface area (Å²) in [5, 5.41) is 8.15. The van der Waals surface area contributed by atoms with Crippen LogP contribution in [0.5, 0.6) is 0 Å². The summed E-state index contributed by atoms with van der Waals surface area (Å²) in [6.45, 7) is 0.488. The maximum Gasteiger partial charge on any atom is 0.270 e. The Hall–Kier alpha value is -3.26. The van der Waals surface area contributed by atoms with E-state index in [0.29, 0.717) is 42.9 Å². The van der Waals surface area contributed by atoms with Gasteiger partial charge in [0.2, 0.25) is 5.91 Å². The van der Waals surface area contributed by atoms with Gasteiger partial charge in [-0.05, 0) is 37.1 Å². The van der Waals surface area contributed by atoms with Crippen LogP contribution >= 0.6 is 11.3 Å². The molecule has 8 heteroatoms. The van der Waals surface area contributed by atoms with Crippen LogP contribution in [0.3, 0.4) is 0 Å². The lowest BCUT2D eigenvalue weighted by molar-refractivity contribution is -0.116. The Kier molecular flexibility index (Phi) is 6.69. The second-order valence-electron chi connectivity index (χ2n) is 6.12. The lowest BCUT2D eigenvalue weighted by Crippen LogP contribution is -2.25. The van der Waals surface area contributed by atoms with E-state index in [1.165, 1.54) is 11.3 Å². The van der Waals surface area contributed by atoms with E-state index in [4.69, 9.17) is 5.73 Å². The van der Waals surface area contributed by atoms with Crippen LogP contribution in [0.2, 0.25) is 0 Å². The summed E-state index contributed by atoms with van der Waals surface area (Å²) < 4.78 is 0. The molecule has 0 aliphatic heterocycles. The molecule has 28 heavy (non-hydrogen) atoms. The van der Waals surface area contributed by atoms with E-state index in [9.17, 15) is 9.59 Å². The number of para-hydroxylation sites is 2. The largest absolute Gasteiger partial charge is 0.397 e. The van der Waals surface area contributed by atoms with Crippen molar-refractivity contribution in [2.45, 2.75) is 19.3 Å². The van der Waals surface area contributed by atoms with Gasteiger partial charge in [0.25, 0.3) is 5.91 Å². The van der Waals surface area contributed by atoms with E-state index < -0.39 is 0 Å². The zero-order valence-electron chi connectivity index (χ0n) is 15.2. The summed E-state index contributed by atoms with van der Waals surface area (Å²) in [5.41, 5.74) is 8.29. The second-order valence-corrected chi connectivity index (χ2v) is 6.98. The molecular weight excluding hydrogens is 374 g/mol. The number of anilines is 2. The van der Waals surface area contributed by atoms with Crippen molar-refractivity contribution in [1.82, 2.24) is 15.3 Å². The standard InChI is InChI=1S/C20H21N5O2S/c21-15-5-1-2-6-16(15)24-18(26)7-3-4-10-23-19(27)17-13-28-20(25-17)14-8-11-22-12-9-14/h1-2,5-6,8-9,11-13H,3-4,7,10,21H2,(H,23,27)(H,24,26). The van der Waals surface area contributed by atoms with E-state index in [2.05, 4.69) is 20.6 Å². The Labute approximate surface area is 167 Å². The Bertz CT molecular complexity index is 943. The van der Waals surface area contributed by atoms with Crippen molar-refractivity contribution >= 4 is 34.5 Å². The van der Waals surface area contributed by atoms with Gasteiger partial charge in [0.05, 0.1) is 11.4 Å². The number of rotatable bonds is 8. The first kappa shape index (κ1) is 19.5. The maximum atomic E-state index is 12.2. The summed E-state index contributed by atoms with van der Waals surface area (Å²) in [5.74, 6) is -0.302. The molecule has 0 fully saturated rings. The van der Waals surface area contributed by atoms with Crippen molar-refractivity contribution in [3.05, 3.63) is 59.9 Å². The maximum absolute atomic E-state index is 12.2. The molecule has 1 aromatic carbocycles. The molecule has 3 aromatic rings. The quantitative estimate of drug-likeness (QED) is 0.400.